The summed E-state index contributed by atoms with van der Waals surface area (Å²) < 4.78 is 0. The topological polar surface area (TPSA) is 28.2 Å². The monoisotopic (exact) mass is 211 g/mol. The first kappa shape index (κ1) is 10.1. The highest BCUT2D eigenvalue weighted by Crippen LogP contribution is 2.25. The normalized spacial score (nSPS) is 25.4. The van der Waals surface area contributed by atoms with Gasteiger partial charge in [-0.2, -0.15) is 0 Å². The van der Waals surface area contributed by atoms with E-state index in [0.29, 0.717) is 12.1 Å². The quantitative estimate of drug-likeness (QED) is 0.821. The molecule has 1 aromatic rings. The summed E-state index contributed by atoms with van der Waals surface area (Å²) in [4.78, 5) is 6.87. The van der Waals surface area contributed by atoms with Crippen LogP contribution in [0.1, 0.15) is 24.4 Å². The molecule has 78 valence electrons. The molecule has 4 heteroatoms. The number of hydrogen-bond donors (Lipinski definition) is 1. The van der Waals surface area contributed by atoms with E-state index < -0.39 is 0 Å². The molecular weight excluding hydrogens is 194 g/mol. The molecule has 14 heavy (non-hydrogen) atoms. The van der Waals surface area contributed by atoms with Gasteiger partial charge in [0.15, 0.2) is 0 Å². The van der Waals surface area contributed by atoms with Crippen LogP contribution in [0.4, 0.5) is 0 Å². The van der Waals surface area contributed by atoms with Crippen LogP contribution < -0.4 is 5.32 Å². The standard InChI is InChI=1S/C10H17N3S/c1-8(10-12-4-6-14-10)13-5-3-9(7-13)11-2/h4,6,8-9,11H,3,5,7H2,1-2H3. The van der Waals surface area contributed by atoms with Gasteiger partial charge in [-0.25, -0.2) is 4.98 Å². The summed E-state index contributed by atoms with van der Waals surface area (Å²) in [6.07, 6.45) is 3.15. The first-order chi connectivity index (χ1) is 6.81. The Kier molecular flexibility index (Phi) is 3.15. The van der Waals surface area contributed by atoms with Gasteiger partial charge in [-0.05, 0) is 20.4 Å². The smallest absolute Gasteiger partial charge is 0.109 e. The molecule has 2 rings (SSSR count). The van der Waals surface area contributed by atoms with Gasteiger partial charge in [0.25, 0.3) is 0 Å². The highest BCUT2D eigenvalue weighted by molar-refractivity contribution is 7.09. The average molecular weight is 211 g/mol. The lowest BCUT2D eigenvalue weighted by atomic mass is 10.3. The van der Waals surface area contributed by atoms with Gasteiger partial charge in [-0.15, -0.1) is 11.3 Å². The van der Waals surface area contributed by atoms with Gasteiger partial charge >= 0.3 is 0 Å². The zero-order chi connectivity index (χ0) is 9.97. The van der Waals surface area contributed by atoms with E-state index in [1.54, 1.807) is 11.3 Å². The SMILES string of the molecule is CNC1CCN(C(C)c2nccs2)C1. The van der Waals surface area contributed by atoms with E-state index in [4.69, 9.17) is 0 Å². The fourth-order valence-electron chi connectivity index (χ4n) is 1.97. The lowest BCUT2D eigenvalue weighted by Gasteiger charge is -2.22. The van der Waals surface area contributed by atoms with Crippen molar-refractivity contribution < 1.29 is 0 Å². The Hall–Kier alpha value is -0.450. The number of nitrogens with zero attached hydrogens (tertiary/aromatic N) is 2. The van der Waals surface area contributed by atoms with E-state index in [0.717, 1.165) is 6.54 Å². The molecule has 0 spiro atoms. The third kappa shape index (κ3) is 1.97. The second-order valence-electron chi connectivity index (χ2n) is 3.82. The molecule has 2 unspecified atom stereocenters. The molecule has 0 aliphatic carbocycles. The minimum absolute atomic E-state index is 0.480. The molecule has 0 radical (unpaired) electrons. The number of hydrogen-bond acceptors (Lipinski definition) is 4. The molecule has 1 fully saturated rings. The van der Waals surface area contributed by atoms with Gasteiger partial charge in [-0.3, -0.25) is 4.90 Å². The van der Waals surface area contributed by atoms with Gasteiger partial charge in [0.2, 0.25) is 0 Å². The number of likely N-dealkylation sites (N-methyl/N-ethyl adjacent to an activating group) is 1. The number of nitrogens with one attached hydrogen (secondary N) is 1. The molecule has 0 saturated carbocycles. The Bertz CT molecular complexity index is 273. The zero-order valence-electron chi connectivity index (χ0n) is 8.73. The largest absolute Gasteiger partial charge is 0.316 e. The van der Waals surface area contributed by atoms with Crippen LogP contribution >= 0.6 is 11.3 Å². The predicted octanol–water partition coefficient (Wildman–Crippen LogP) is 1.50. The van der Waals surface area contributed by atoms with Crippen LogP contribution in [-0.2, 0) is 0 Å². The Morgan fingerprint density at radius 3 is 3.14 bits per heavy atom. The average Bonchev–Trinajstić information content (AvgIpc) is 2.88. The van der Waals surface area contributed by atoms with Crippen molar-refractivity contribution in [3.63, 3.8) is 0 Å². The van der Waals surface area contributed by atoms with E-state index in [1.807, 2.05) is 13.2 Å². The van der Waals surface area contributed by atoms with Crippen molar-refractivity contribution >= 4 is 11.3 Å². The van der Waals surface area contributed by atoms with Gasteiger partial charge in [0.1, 0.15) is 5.01 Å². The van der Waals surface area contributed by atoms with Gasteiger partial charge in [-0.1, -0.05) is 0 Å². The second-order valence-corrected chi connectivity index (χ2v) is 4.74. The number of aromatic nitrogens is 1. The van der Waals surface area contributed by atoms with Crippen molar-refractivity contribution in [3.8, 4) is 0 Å². The number of likely N-dealkylation sites (tertiary alicyclic amines) is 1. The van der Waals surface area contributed by atoms with E-state index >= 15 is 0 Å². The number of thiazole rings is 1. The third-order valence-corrected chi connectivity index (χ3v) is 3.93. The molecule has 1 aliphatic rings. The summed E-state index contributed by atoms with van der Waals surface area (Å²) in [6.45, 7) is 4.58. The first-order valence-corrected chi connectivity index (χ1v) is 6.00. The predicted molar refractivity (Wildman–Crippen MR) is 59.6 cm³/mol. The fourth-order valence-corrected chi connectivity index (χ4v) is 2.70. The molecule has 1 saturated heterocycles. The summed E-state index contributed by atoms with van der Waals surface area (Å²) in [6, 6.07) is 1.14. The molecule has 2 heterocycles. The van der Waals surface area contributed by atoms with E-state index in [2.05, 4.69) is 27.5 Å². The van der Waals surface area contributed by atoms with Crippen LogP contribution in [0.15, 0.2) is 11.6 Å². The van der Waals surface area contributed by atoms with Gasteiger partial charge < -0.3 is 5.32 Å². The van der Waals surface area contributed by atoms with Crippen molar-refractivity contribution in [1.82, 2.24) is 15.2 Å². The fraction of sp³-hybridized carbons (Fsp3) is 0.700. The van der Waals surface area contributed by atoms with Crippen LogP contribution in [0.3, 0.4) is 0 Å². The number of rotatable bonds is 3. The van der Waals surface area contributed by atoms with Crippen LogP contribution in [0, 0.1) is 0 Å². The van der Waals surface area contributed by atoms with Crippen molar-refractivity contribution in [3.05, 3.63) is 16.6 Å². The Morgan fingerprint density at radius 1 is 1.71 bits per heavy atom. The third-order valence-electron chi connectivity index (χ3n) is 2.98. The Labute approximate surface area is 89.1 Å². The molecule has 1 N–H and O–H groups in total. The lowest BCUT2D eigenvalue weighted by Crippen LogP contribution is -2.31. The van der Waals surface area contributed by atoms with Crippen molar-refractivity contribution in [2.45, 2.75) is 25.4 Å². The lowest BCUT2D eigenvalue weighted by molar-refractivity contribution is 0.256. The van der Waals surface area contributed by atoms with E-state index in [1.165, 1.54) is 18.0 Å². The molecule has 1 aromatic heterocycles. The maximum atomic E-state index is 4.37. The Balaban J connectivity index is 1.97. The molecule has 1 aliphatic heterocycles. The minimum atomic E-state index is 0.480. The molecule has 2 atom stereocenters. The summed E-state index contributed by atoms with van der Waals surface area (Å²) in [7, 11) is 2.04. The summed E-state index contributed by atoms with van der Waals surface area (Å²) in [5, 5.41) is 6.63. The van der Waals surface area contributed by atoms with Gasteiger partial charge in [0, 0.05) is 30.7 Å². The van der Waals surface area contributed by atoms with E-state index in [9.17, 15) is 0 Å². The van der Waals surface area contributed by atoms with Crippen molar-refractivity contribution in [2.75, 3.05) is 20.1 Å². The van der Waals surface area contributed by atoms with Crippen molar-refractivity contribution in [1.29, 1.82) is 0 Å². The van der Waals surface area contributed by atoms with Crippen LogP contribution in [0.2, 0.25) is 0 Å². The molecule has 3 nitrogen and oxygen atoms in total. The zero-order valence-corrected chi connectivity index (χ0v) is 9.55. The van der Waals surface area contributed by atoms with Crippen LogP contribution in [0.5, 0.6) is 0 Å². The molecule has 0 bridgehead atoms. The maximum absolute atomic E-state index is 4.37. The highest BCUT2D eigenvalue weighted by Gasteiger charge is 2.26. The first-order valence-electron chi connectivity index (χ1n) is 5.12. The summed E-state index contributed by atoms with van der Waals surface area (Å²) in [5.41, 5.74) is 0. The Morgan fingerprint density at radius 2 is 2.57 bits per heavy atom. The molecular formula is C10H17N3S. The minimum Gasteiger partial charge on any atom is -0.316 e. The van der Waals surface area contributed by atoms with Crippen molar-refractivity contribution in [2.24, 2.45) is 0 Å². The van der Waals surface area contributed by atoms with Crippen LogP contribution in [-0.4, -0.2) is 36.1 Å². The summed E-state index contributed by atoms with van der Waals surface area (Å²) >= 11 is 1.75. The van der Waals surface area contributed by atoms with E-state index in [-0.39, 0.29) is 0 Å². The molecule has 0 aromatic carbocycles. The van der Waals surface area contributed by atoms with Crippen LogP contribution in [0.25, 0.3) is 0 Å². The van der Waals surface area contributed by atoms with Gasteiger partial charge in [0.05, 0.1) is 6.04 Å². The maximum Gasteiger partial charge on any atom is 0.109 e. The highest BCUT2D eigenvalue weighted by atomic mass is 32.1. The summed E-state index contributed by atoms with van der Waals surface area (Å²) in [5.74, 6) is 0. The molecule has 0 amide bonds. The second kappa shape index (κ2) is 4.38.